The zero-order valence-corrected chi connectivity index (χ0v) is 12.8. The second kappa shape index (κ2) is 4.24. The van der Waals surface area contributed by atoms with E-state index in [0.717, 1.165) is 31.4 Å². The molecule has 2 fully saturated rings. The Balaban J connectivity index is 0.00000125. The lowest BCUT2D eigenvalue weighted by Gasteiger charge is -2.57. The summed E-state index contributed by atoms with van der Waals surface area (Å²) in [6, 6.07) is 4.26. The predicted octanol–water partition coefficient (Wildman–Crippen LogP) is 1.79. The smallest absolute Gasteiger partial charge is 0.174 e. The van der Waals surface area contributed by atoms with Crippen molar-refractivity contribution in [2.45, 2.75) is 43.2 Å². The maximum Gasteiger partial charge on any atom is 0.174 e. The van der Waals surface area contributed by atoms with E-state index in [1.54, 1.807) is 6.07 Å². The first kappa shape index (κ1) is 14.0. The molecule has 118 valence electrons. The molecule has 2 aliphatic heterocycles. The van der Waals surface area contributed by atoms with Gasteiger partial charge in [-0.2, -0.15) is 0 Å². The van der Waals surface area contributed by atoms with E-state index in [-0.39, 0.29) is 29.2 Å². The van der Waals surface area contributed by atoms with Crippen molar-refractivity contribution < 1.29 is 14.6 Å². The zero-order valence-electron chi connectivity index (χ0n) is 12.8. The number of ketones is 1. The number of likely N-dealkylation sites (N-methyl/N-ethyl adjacent to an activating group) is 1. The summed E-state index contributed by atoms with van der Waals surface area (Å²) in [5, 5.41) is 10.2. The number of likely N-dealkylation sites (tertiary alicyclic amines) is 1. The Kier molecular flexibility index (Phi) is 2.70. The van der Waals surface area contributed by atoms with Crippen LogP contribution >= 0.6 is 0 Å². The molecular formula is C17H22N2O3. The molecule has 5 rings (SSSR count). The standard InChI is InChI=1S/C17H19NO3.H3N/c1-18-7-6-17-10-3-5-13(20)16(17)21-15-12(19)4-2-9(14(15)17)8-11(10)18;/h2,4,10-11,16,19H,3,5-8H2,1H3;1H3/t10-,11+,16-,17-;/m0./s1. The van der Waals surface area contributed by atoms with Gasteiger partial charge >= 0.3 is 0 Å². The minimum absolute atomic E-state index is 0. The summed E-state index contributed by atoms with van der Waals surface area (Å²) in [7, 11) is 2.20. The molecule has 0 amide bonds. The molecule has 1 aromatic rings. The lowest BCUT2D eigenvalue weighted by Crippen LogP contribution is -2.65. The first-order valence-corrected chi connectivity index (χ1v) is 7.88. The molecule has 0 unspecified atom stereocenters. The molecule has 0 radical (unpaired) electrons. The van der Waals surface area contributed by atoms with Gasteiger partial charge in [-0.3, -0.25) is 4.79 Å². The molecule has 0 aromatic heterocycles. The highest BCUT2D eigenvalue weighted by atomic mass is 16.5. The average molecular weight is 302 g/mol. The first-order chi connectivity index (χ1) is 10.1. The van der Waals surface area contributed by atoms with Crippen LogP contribution in [0.2, 0.25) is 0 Å². The van der Waals surface area contributed by atoms with E-state index in [9.17, 15) is 9.90 Å². The number of rotatable bonds is 0. The van der Waals surface area contributed by atoms with Crippen LogP contribution < -0.4 is 10.9 Å². The van der Waals surface area contributed by atoms with Gasteiger partial charge in [-0.25, -0.2) is 0 Å². The molecule has 2 heterocycles. The Morgan fingerprint density at radius 1 is 1.41 bits per heavy atom. The second-order valence-corrected chi connectivity index (χ2v) is 7.10. The van der Waals surface area contributed by atoms with Crippen LogP contribution in [-0.4, -0.2) is 41.5 Å². The summed E-state index contributed by atoms with van der Waals surface area (Å²) in [5.74, 6) is 1.50. The summed E-state index contributed by atoms with van der Waals surface area (Å²) < 4.78 is 6.04. The third-order valence-corrected chi connectivity index (χ3v) is 6.39. The molecule has 1 spiro atoms. The maximum absolute atomic E-state index is 12.5. The zero-order chi connectivity index (χ0) is 14.4. The van der Waals surface area contributed by atoms with Crippen molar-refractivity contribution >= 4 is 5.78 Å². The van der Waals surface area contributed by atoms with Crippen LogP contribution in [0.3, 0.4) is 0 Å². The monoisotopic (exact) mass is 302 g/mol. The average Bonchev–Trinajstić information content (AvgIpc) is 2.83. The number of Topliss-reactive ketones (excluding diaryl/α,β-unsaturated/α-hetero) is 1. The number of hydrogen-bond donors (Lipinski definition) is 2. The first-order valence-electron chi connectivity index (χ1n) is 7.88. The van der Waals surface area contributed by atoms with E-state index in [4.69, 9.17) is 4.74 Å². The van der Waals surface area contributed by atoms with Gasteiger partial charge in [0.2, 0.25) is 0 Å². The Bertz CT molecular complexity index is 674. The highest BCUT2D eigenvalue weighted by Gasteiger charge is 2.65. The van der Waals surface area contributed by atoms with Crippen LogP contribution in [0.4, 0.5) is 0 Å². The minimum Gasteiger partial charge on any atom is -0.504 e. The molecule has 22 heavy (non-hydrogen) atoms. The molecule has 2 aliphatic carbocycles. The normalized spacial score (nSPS) is 38.0. The van der Waals surface area contributed by atoms with Crippen molar-refractivity contribution in [3.63, 3.8) is 0 Å². The number of phenols is 1. The van der Waals surface area contributed by atoms with E-state index >= 15 is 0 Å². The van der Waals surface area contributed by atoms with Gasteiger partial charge in [0.1, 0.15) is 0 Å². The fourth-order valence-electron chi connectivity index (χ4n) is 5.52. The van der Waals surface area contributed by atoms with Crippen molar-refractivity contribution in [3.05, 3.63) is 23.3 Å². The van der Waals surface area contributed by atoms with E-state index in [1.165, 1.54) is 5.56 Å². The molecule has 2 bridgehead atoms. The van der Waals surface area contributed by atoms with Gasteiger partial charge in [0.05, 0.1) is 0 Å². The van der Waals surface area contributed by atoms with E-state index in [0.29, 0.717) is 24.1 Å². The SMILES string of the molecule is CN1CC[C@]23c4c5ccc(O)c4O[C@H]2C(=O)CC[C@H]3[C@H]1C5.N. The molecule has 1 saturated carbocycles. The molecule has 4 N–H and O–H groups in total. The van der Waals surface area contributed by atoms with Crippen molar-refractivity contribution in [2.24, 2.45) is 5.92 Å². The molecule has 4 atom stereocenters. The van der Waals surface area contributed by atoms with Crippen molar-refractivity contribution in [1.29, 1.82) is 0 Å². The largest absolute Gasteiger partial charge is 0.504 e. The summed E-state index contributed by atoms with van der Waals surface area (Å²) in [4.78, 5) is 14.9. The topological polar surface area (TPSA) is 84.8 Å². The second-order valence-electron chi connectivity index (χ2n) is 7.10. The number of hydrogen-bond acceptors (Lipinski definition) is 5. The van der Waals surface area contributed by atoms with Crippen LogP contribution in [0.5, 0.6) is 11.5 Å². The highest BCUT2D eigenvalue weighted by Crippen LogP contribution is 2.62. The van der Waals surface area contributed by atoms with Crippen molar-refractivity contribution in [3.8, 4) is 11.5 Å². The van der Waals surface area contributed by atoms with Crippen LogP contribution in [0.25, 0.3) is 0 Å². The Labute approximate surface area is 129 Å². The third kappa shape index (κ3) is 1.35. The highest BCUT2D eigenvalue weighted by molar-refractivity contribution is 5.89. The van der Waals surface area contributed by atoms with Gasteiger partial charge in [0.25, 0.3) is 0 Å². The van der Waals surface area contributed by atoms with Crippen LogP contribution in [0.1, 0.15) is 30.4 Å². The number of aromatic hydroxyl groups is 1. The lowest BCUT2D eigenvalue weighted by molar-refractivity contribution is -0.138. The number of benzene rings is 1. The van der Waals surface area contributed by atoms with Crippen molar-refractivity contribution in [2.75, 3.05) is 13.6 Å². The van der Waals surface area contributed by atoms with Gasteiger partial charge in [0.15, 0.2) is 23.4 Å². The van der Waals surface area contributed by atoms with Crippen LogP contribution in [-0.2, 0) is 16.6 Å². The van der Waals surface area contributed by atoms with Gasteiger partial charge in [-0.15, -0.1) is 0 Å². The van der Waals surface area contributed by atoms with Crippen molar-refractivity contribution in [1.82, 2.24) is 11.1 Å². The number of ether oxygens (including phenoxy) is 1. The van der Waals surface area contributed by atoms with E-state index in [2.05, 4.69) is 11.9 Å². The van der Waals surface area contributed by atoms with Gasteiger partial charge in [0, 0.05) is 23.4 Å². The summed E-state index contributed by atoms with van der Waals surface area (Å²) in [5.41, 5.74) is 2.26. The minimum atomic E-state index is -0.366. The lowest BCUT2D eigenvalue weighted by atomic mass is 9.52. The number of phenolic OH excluding ortho intramolecular Hbond substituents is 1. The molecule has 1 saturated heterocycles. The number of carbonyl (C=O) groups is 1. The quantitative estimate of drug-likeness (QED) is 0.763. The number of piperidine rings is 1. The molecule has 4 aliphatic rings. The predicted molar refractivity (Wildman–Crippen MR) is 81.7 cm³/mol. The van der Waals surface area contributed by atoms with Gasteiger partial charge in [-0.1, -0.05) is 6.07 Å². The molecule has 5 nitrogen and oxygen atoms in total. The third-order valence-electron chi connectivity index (χ3n) is 6.39. The summed E-state index contributed by atoms with van der Waals surface area (Å²) >= 11 is 0. The molecule has 5 heteroatoms. The van der Waals surface area contributed by atoms with Crippen LogP contribution in [0.15, 0.2) is 12.1 Å². The van der Waals surface area contributed by atoms with E-state index in [1.807, 2.05) is 6.07 Å². The Morgan fingerprint density at radius 2 is 2.23 bits per heavy atom. The van der Waals surface area contributed by atoms with Gasteiger partial charge < -0.3 is 20.9 Å². The summed E-state index contributed by atoms with van der Waals surface area (Å²) in [6.45, 7) is 1.00. The Hall–Kier alpha value is -1.59. The molecular weight excluding hydrogens is 280 g/mol. The Morgan fingerprint density at radius 3 is 3.05 bits per heavy atom. The number of nitrogens with zero attached hydrogens (tertiary/aromatic N) is 1. The maximum atomic E-state index is 12.5. The molecule has 1 aromatic carbocycles. The number of carbonyl (C=O) groups excluding carboxylic acids is 1. The fourth-order valence-corrected chi connectivity index (χ4v) is 5.52. The summed E-state index contributed by atoms with van der Waals surface area (Å²) in [6.07, 6.45) is 3.18. The van der Waals surface area contributed by atoms with Gasteiger partial charge in [-0.05, 0) is 50.4 Å². The van der Waals surface area contributed by atoms with Crippen LogP contribution in [0, 0.1) is 5.92 Å². The van der Waals surface area contributed by atoms with E-state index < -0.39 is 0 Å². The fraction of sp³-hybridized carbons (Fsp3) is 0.588.